The van der Waals surface area contributed by atoms with E-state index in [0.717, 1.165) is 12.6 Å². The van der Waals surface area contributed by atoms with E-state index in [4.69, 9.17) is 0 Å². The third-order valence-corrected chi connectivity index (χ3v) is 4.62. The quantitative estimate of drug-likeness (QED) is 0.842. The normalized spacial score (nSPS) is 21.3. The zero-order valence-corrected chi connectivity index (χ0v) is 11.5. The Kier molecular flexibility index (Phi) is 4.18. The molecule has 106 valence electrons. The third-order valence-electron chi connectivity index (χ3n) is 2.85. The summed E-state index contributed by atoms with van der Waals surface area (Å²) in [5.74, 6) is -0.0272. The van der Waals surface area contributed by atoms with Crippen molar-refractivity contribution in [3.05, 3.63) is 12.0 Å². The van der Waals surface area contributed by atoms with Crippen molar-refractivity contribution in [2.75, 3.05) is 28.7 Å². The van der Waals surface area contributed by atoms with Crippen LogP contribution in [-0.2, 0) is 9.84 Å². The fraction of sp³-hybridized carbons (Fsp3) is 0.636. The second kappa shape index (κ2) is 5.68. The molecule has 2 rings (SSSR count). The van der Waals surface area contributed by atoms with Gasteiger partial charge in [-0.1, -0.05) is 6.92 Å². The van der Waals surface area contributed by atoms with E-state index in [1.807, 2.05) is 6.92 Å². The molecule has 1 saturated heterocycles. The van der Waals surface area contributed by atoms with E-state index in [1.165, 1.54) is 0 Å². The van der Waals surface area contributed by atoms with Crippen molar-refractivity contribution in [3.8, 4) is 0 Å². The molecule has 0 radical (unpaired) electrons. The molecular weight excluding hydrogens is 271 g/mol. The molecule has 0 amide bonds. The van der Waals surface area contributed by atoms with Gasteiger partial charge in [-0.3, -0.25) is 0 Å². The van der Waals surface area contributed by atoms with Gasteiger partial charge in [-0.25, -0.2) is 17.8 Å². The topological polar surface area (TPSA) is 84.0 Å². The summed E-state index contributed by atoms with van der Waals surface area (Å²) in [5, 5.41) is 5.79. The van der Waals surface area contributed by atoms with E-state index in [1.54, 1.807) is 0 Å². The van der Waals surface area contributed by atoms with Gasteiger partial charge in [0.15, 0.2) is 21.5 Å². The Bertz CT molecular complexity index is 550. The Morgan fingerprint density at radius 3 is 2.95 bits per heavy atom. The molecule has 19 heavy (non-hydrogen) atoms. The SMILES string of the molecule is CCCNc1ncc(F)c(NC2CCS(=O)(=O)C2)n1. The van der Waals surface area contributed by atoms with Gasteiger partial charge in [0.05, 0.1) is 17.7 Å². The van der Waals surface area contributed by atoms with Crippen molar-refractivity contribution >= 4 is 21.6 Å². The molecule has 0 aromatic carbocycles. The highest BCUT2D eigenvalue weighted by atomic mass is 32.2. The number of anilines is 2. The lowest BCUT2D eigenvalue weighted by atomic mass is 10.2. The van der Waals surface area contributed by atoms with Gasteiger partial charge in [0.25, 0.3) is 0 Å². The van der Waals surface area contributed by atoms with E-state index in [-0.39, 0.29) is 23.4 Å². The van der Waals surface area contributed by atoms with Crippen LogP contribution < -0.4 is 10.6 Å². The van der Waals surface area contributed by atoms with Crippen LogP contribution in [0, 0.1) is 5.82 Å². The zero-order valence-electron chi connectivity index (χ0n) is 10.7. The largest absolute Gasteiger partial charge is 0.364 e. The van der Waals surface area contributed by atoms with Gasteiger partial charge >= 0.3 is 0 Å². The van der Waals surface area contributed by atoms with Crippen LogP contribution in [0.15, 0.2) is 6.20 Å². The van der Waals surface area contributed by atoms with Crippen molar-refractivity contribution in [3.63, 3.8) is 0 Å². The molecule has 1 atom stereocenters. The van der Waals surface area contributed by atoms with Gasteiger partial charge in [0.2, 0.25) is 5.95 Å². The van der Waals surface area contributed by atoms with Crippen LogP contribution in [0.4, 0.5) is 16.2 Å². The minimum atomic E-state index is -3.00. The summed E-state index contributed by atoms with van der Waals surface area (Å²) in [6.07, 6.45) is 2.46. The van der Waals surface area contributed by atoms with Crippen LogP contribution in [0.1, 0.15) is 19.8 Å². The van der Waals surface area contributed by atoms with Gasteiger partial charge < -0.3 is 10.6 Å². The summed E-state index contributed by atoms with van der Waals surface area (Å²) >= 11 is 0. The van der Waals surface area contributed by atoms with Crippen molar-refractivity contribution in [2.45, 2.75) is 25.8 Å². The number of hydrogen-bond donors (Lipinski definition) is 2. The third kappa shape index (κ3) is 3.76. The average molecular weight is 288 g/mol. The van der Waals surface area contributed by atoms with Crippen LogP contribution in [-0.4, -0.2) is 42.5 Å². The first-order valence-corrected chi connectivity index (χ1v) is 8.05. The molecule has 2 heterocycles. The number of nitrogens with one attached hydrogen (secondary N) is 2. The standard InChI is InChI=1S/C11H17FN4O2S/c1-2-4-13-11-14-6-9(12)10(16-11)15-8-3-5-19(17,18)7-8/h6,8H,2-5,7H2,1H3,(H2,13,14,15,16). The van der Waals surface area contributed by atoms with Crippen LogP contribution in [0.25, 0.3) is 0 Å². The van der Waals surface area contributed by atoms with Crippen LogP contribution in [0.2, 0.25) is 0 Å². The lowest BCUT2D eigenvalue weighted by Gasteiger charge is -2.13. The number of sulfone groups is 1. The van der Waals surface area contributed by atoms with Gasteiger partial charge in [-0.05, 0) is 12.8 Å². The van der Waals surface area contributed by atoms with Gasteiger partial charge in [0.1, 0.15) is 0 Å². The van der Waals surface area contributed by atoms with Crippen molar-refractivity contribution in [1.29, 1.82) is 0 Å². The Balaban J connectivity index is 2.07. The Hall–Kier alpha value is -1.44. The molecule has 0 aliphatic carbocycles. The number of hydrogen-bond acceptors (Lipinski definition) is 6. The molecule has 1 aromatic rings. The predicted molar refractivity (Wildman–Crippen MR) is 71.5 cm³/mol. The molecule has 0 bridgehead atoms. The predicted octanol–water partition coefficient (Wildman–Crippen LogP) is 1.04. The summed E-state index contributed by atoms with van der Waals surface area (Å²) in [6.45, 7) is 2.70. The molecule has 0 spiro atoms. The van der Waals surface area contributed by atoms with Crippen molar-refractivity contribution < 1.29 is 12.8 Å². The van der Waals surface area contributed by atoms with E-state index >= 15 is 0 Å². The maximum atomic E-state index is 13.6. The molecule has 1 aliphatic heterocycles. The molecule has 1 aliphatic rings. The summed E-state index contributed by atoms with van der Waals surface area (Å²) in [7, 11) is -3.00. The fourth-order valence-corrected chi connectivity index (χ4v) is 3.57. The van der Waals surface area contributed by atoms with E-state index in [9.17, 15) is 12.8 Å². The number of rotatable bonds is 5. The maximum Gasteiger partial charge on any atom is 0.224 e. The van der Waals surface area contributed by atoms with Gasteiger partial charge in [-0.15, -0.1) is 0 Å². The molecule has 6 nitrogen and oxygen atoms in total. The highest BCUT2D eigenvalue weighted by molar-refractivity contribution is 7.91. The summed E-state index contributed by atoms with van der Waals surface area (Å²) < 4.78 is 36.3. The first-order valence-electron chi connectivity index (χ1n) is 6.23. The van der Waals surface area contributed by atoms with Crippen molar-refractivity contribution in [1.82, 2.24) is 9.97 Å². The minimum absolute atomic E-state index is 0.0220. The second-order valence-electron chi connectivity index (χ2n) is 4.56. The maximum absolute atomic E-state index is 13.6. The summed E-state index contributed by atoms with van der Waals surface area (Å²) in [4.78, 5) is 7.84. The van der Waals surface area contributed by atoms with Crippen LogP contribution in [0.3, 0.4) is 0 Å². The van der Waals surface area contributed by atoms with Gasteiger partial charge in [-0.2, -0.15) is 4.98 Å². The molecule has 1 aromatic heterocycles. The van der Waals surface area contributed by atoms with E-state index in [0.29, 0.717) is 18.9 Å². The minimum Gasteiger partial charge on any atom is -0.364 e. The highest BCUT2D eigenvalue weighted by Gasteiger charge is 2.28. The Morgan fingerprint density at radius 1 is 1.53 bits per heavy atom. The monoisotopic (exact) mass is 288 g/mol. The Labute approximate surface area is 111 Å². The molecule has 0 saturated carbocycles. The fourth-order valence-electron chi connectivity index (χ4n) is 1.89. The lowest BCUT2D eigenvalue weighted by molar-refractivity contribution is 0.601. The summed E-state index contributed by atoms with van der Waals surface area (Å²) in [5.41, 5.74) is 0. The highest BCUT2D eigenvalue weighted by Crippen LogP contribution is 2.19. The van der Waals surface area contributed by atoms with Crippen LogP contribution >= 0.6 is 0 Å². The molecule has 8 heteroatoms. The number of aromatic nitrogens is 2. The molecular formula is C11H17FN4O2S. The smallest absolute Gasteiger partial charge is 0.224 e. The van der Waals surface area contributed by atoms with E-state index in [2.05, 4.69) is 20.6 Å². The average Bonchev–Trinajstić information content (AvgIpc) is 2.70. The van der Waals surface area contributed by atoms with Crippen LogP contribution in [0.5, 0.6) is 0 Å². The first kappa shape index (κ1) is 14.0. The molecule has 2 N–H and O–H groups in total. The second-order valence-corrected chi connectivity index (χ2v) is 6.79. The molecule has 1 unspecified atom stereocenters. The zero-order chi connectivity index (χ0) is 13.9. The first-order chi connectivity index (χ1) is 9.00. The Morgan fingerprint density at radius 2 is 2.32 bits per heavy atom. The number of halogens is 1. The lowest BCUT2D eigenvalue weighted by Crippen LogP contribution is -2.22. The van der Waals surface area contributed by atoms with Gasteiger partial charge in [0, 0.05) is 12.6 Å². The number of nitrogens with zero attached hydrogens (tertiary/aromatic N) is 2. The van der Waals surface area contributed by atoms with Crippen molar-refractivity contribution in [2.24, 2.45) is 0 Å². The molecule has 1 fully saturated rings. The summed E-state index contributed by atoms with van der Waals surface area (Å²) in [6, 6.07) is -0.284. The van der Waals surface area contributed by atoms with E-state index < -0.39 is 15.7 Å².